The normalized spacial score (nSPS) is 21.7. The molecule has 3 rings (SSSR count). The third kappa shape index (κ3) is 4.39. The molecule has 1 aromatic rings. The second kappa shape index (κ2) is 8.69. The minimum Gasteiger partial charge on any atom is -0.337 e. The summed E-state index contributed by atoms with van der Waals surface area (Å²) < 4.78 is 27.2. The SMILES string of the molecule is CN(C1CCCCC1)S(=O)(=O)c1ccc(C(=O)N2CC[C@@H](N)C2)cc1.Cl. The van der Waals surface area contributed by atoms with Crippen molar-refractivity contribution in [2.24, 2.45) is 5.73 Å². The van der Waals surface area contributed by atoms with Crippen LogP contribution in [0.4, 0.5) is 0 Å². The topological polar surface area (TPSA) is 83.7 Å². The third-order valence-corrected chi connectivity index (χ3v) is 7.30. The Kier molecular flexibility index (Phi) is 7.07. The molecule has 0 aromatic heterocycles. The lowest BCUT2D eigenvalue weighted by Crippen LogP contribution is -2.38. The van der Waals surface area contributed by atoms with Crippen LogP contribution in [0.25, 0.3) is 0 Å². The van der Waals surface area contributed by atoms with E-state index in [9.17, 15) is 13.2 Å². The van der Waals surface area contributed by atoms with Crippen molar-refractivity contribution in [2.75, 3.05) is 20.1 Å². The molecule has 1 saturated heterocycles. The van der Waals surface area contributed by atoms with Gasteiger partial charge in [0.15, 0.2) is 0 Å². The first kappa shape index (κ1) is 21.2. The van der Waals surface area contributed by atoms with Crippen LogP contribution in [0.2, 0.25) is 0 Å². The minimum atomic E-state index is -3.52. The highest BCUT2D eigenvalue weighted by molar-refractivity contribution is 7.89. The van der Waals surface area contributed by atoms with Gasteiger partial charge in [0, 0.05) is 37.8 Å². The van der Waals surface area contributed by atoms with Gasteiger partial charge >= 0.3 is 0 Å². The van der Waals surface area contributed by atoms with E-state index >= 15 is 0 Å². The van der Waals surface area contributed by atoms with Crippen molar-refractivity contribution in [3.05, 3.63) is 29.8 Å². The Morgan fingerprint density at radius 3 is 2.27 bits per heavy atom. The van der Waals surface area contributed by atoms with E-state index in [4.69, 9.17) is 5.73 Å². The lowest BCUT2D eigenvalue weighted by molar-refractivity contribution is 0.0790. The van der Waals surface area contributed by atoms with E-state index in [0.717, 1.165) is 32.1 Å². The van der Waals surface area contributed by atoms with Crippen molar-refractivity contribution in [3.63, 3.8) is 0 Å². The molecule has 1 amide bonds. The zero-order chi connectivity index (χ0) is 18.0. The standard InChI is InChI=1S/C18H27N3O3S.ClH/c1-20(16-5-3-2-4-6-16)25(23,24)17-9-7-14(8-10-17)18(22)21-12-11-15(19)13-21;/h7-10,15-16H,2-6,11-13,19H2,1H3;1H/t15-;/m1./s1. The van der Waals surface area contributed by atoms with Crippen LogP contribution in [0.1, 0.15) is 48.9 Å². The Morgan fingerprint density at radius 1 is 1.12 bits per heavy atom. The lowest BCUT2D eigenvalue weighted by atomic mass is 9.96. The number of likely N-dealkylation sites (tertiary alicyclic amines) is 1. The molecule has 1 atom stereocenters. The summed E-state index contributed by atoms with van der Waals surface area (Å²) in [5.74, 6) is -0.0856. The Labute approximate surface area is 162 Å². The van der Waals surface area contributed by atoms with E-state index in [-0.39, 0.29) is 35.3 Å². The first-order chi connectivity index (χ1) is 11.9. The van der Waals surface area contributed by atoms with Crippen molar-refractivity contribution in [1.29, 1.82) is 0 Å². The second-order valence-electron chi connectivity index (χ2n) is 7.14. The molecule has 1 aromatic carbocycles. The number of hydrogen-bond acceptors (Lipinski definition) is 4. The number of amides is 1. The fourth-order valence-electron chi connectivity index (χ4n) is 3.73. The highest BCUT2D eigenvalue weighted by Gasteiger charge is 2.29. The van der Waals surface area contributed by atoms with Crippen LogP contribution in [-0.2, 0) is 10.0 Å². The highest BCUT2D eigenvalue weighted by Crippen LogP contribution is 2.26. The monoisotopic (exact) mass is 401 g/mol. The third-order valence-electron chi connectivity index (χ3n) is 5.38. The highest BCUT2D eigenvalue weighted by atomic mass is 35.5. The van der Waals surface area contributed by atoms with E-state index in [1.165, 1.54) is 22.9 Å². The summed E-state index contributed by atoms with van der Waals surface area (Å²) in [5, 5.41) is 0. The summed E-state index contributed by atoms with van der Waals surface area (Å²) in [7, 11) is -1.86. The average Bonchev–Trinajstić information content (AvgIpc) is 3.07. The first-order valence-corrected chi connectivity index (χ1v) is 10.5. The van der Waals surface area contributed by atoms with Crippen LogP contribution < -0.4 is 5.73 Å². The van der Waals surface area contributed by atoms with Crippen LogP contribution >= 0.6 is 12.4 Å². The summed E-state index contributed by atoms with van der Waals surface area (Å²) in [6.45, 7) is 1.22. The molecule has 2 fully saturated rings. The first-order valence-electron chi connectivity index (χ1n) is 9.02. The molecule has 6 nitrogen and oxygen atoms in total. The molecule has 146 valence electrons. The minimum absolute atomic E-state index is 0. The van der Waals surface area contributed by atoms with Crippen molar-refractivity contribution in [1.82, 2.24) is 9.21 Å². The maximum absolute atomic E-state index is 12.8. The summed E-state index contributed by atoms with van der Waals surface area (Å²) in [5.41, 5.74) is 6.36. The van der Waals surface area contributed by atoms with Gasteiger partial charge in [-0.3, -0.25) is 4.79 Å². The Balaban J connectivity index is 0.00000243. The fourth-order valence-corrected chi connectivity index (χ4v) is 5.15. The van der Waals surface area contributed by atoms with Crippen LogP contribution in [0.3, 0.4) is 0 Å². The summed E-state index contributed by atoms with van der Waals surface area (Å²) in [6.07, 6.45) is 5.99. The van der Waals surface area contributed by atoms with Crippen LogP contribution in [-0.4, -0.2) is 55.8 Å². The molecule has 26 heavy (non-hydrogen) atoms. The van der Waals surface area contributed by atoms with E-state index in [0.29, 0.717) is 18.7 Å². The summed E-state index contributed by atoms with van der Waals surface area (Å²) in [4.78, 5) is 14.4. The van der Waals surface area contributed by atoms with Gasteiger partial charge in [0.25, 0.3) is 5.91 Å². The number of halogens is 1. The number of carbonyl (C=O) groups excluding carboxylic acids is 1. The van der Waals surface area contributed by atoms with Crippen molar-refractivity contribution in [2.45, 2.75) is 55.5 Å². The molecular weight excluding hydrogens is 374 g/mol. The van der Waals surface area contributed by atoms with E-state index < -0.39 is 10.0 Å². The van der Waals surface area contributed by atoms with Gasteiger partial charge in [-0.2, -0.15) is 4.31 Å². The average molecular weight is 402 g/mol. The smallest absolute Gasteiger partial charge is 0.253 e. The number of rotatable bonds is 4. The van der Waals surface area contributed by atoms with Gasteiger partial charge in [-0.25, -0.2) is 8.42 Å². The number of benzene rings is 1. The molecule has 1 saturated carbocycles. The maximum atomic E-state index is 12.8. The molecule has 0 unspecified atom stereocenters. The van der Waals surface area contributed by atoms with Gasteiger partial charge in [-0.1, -0.05) is 19.3 Å². The van der Waals surface area contributed by atoms with E-state index in [2.05, 4.69) is 0 Å². The summed E-state index contributed by atoms with van der Waals surface area (Å²) in [6, 6.07) is 6.40. The molecule has 0 spiro atoms. The number of sulfonamides is 1. The molecule has 1 heterocycles. The van der Waals surface area contributed by atoms with Gasteiger partial charge in [0.1, 0.15) is 0 Å². The zero-order valence-corrected chi connectivity index (χ0v) is 16.8. The summed E-state index contributed by atoms with van der Waals surface area (Å²) >= 11 is 0. The Morgan fingerprint density at radius 2 is 1.73 bits per heavy atom. The molecule has 1 aliphatic carbocycles. The van der Waals surface area contributed by atoms with E-state index in [1.54, 1.807) is 24.1 Å². The molecule has 1 aliphatic heterocycles. The van der Waals surface area contributed by atoms with E-state index in [1.807, 2.05) is 0 Å². The fraction of sp³-hybridized carbons (Fsp3) is 0.611. The van der Waals surface area contributed by atoms with Gasteiger partial charge in [0.2, 0.25) is 10.0 Å². The van der Waals surface area contributed by atoms with Crippen LogP contribution in [0.5, 0.6) is 0 Å². The van der Waals surface area contributed by atoms with Crippen LogP contribution in [0.15, 0.2) is 29.2 Å². The lowest BCUT2D eigenvalue weighted by Gasteiger charge is -2.30. The van der Waals surface area contributed by atoms with Crippen molar-refractivity contribution in [3.8, 4) is 0 Å². The molecule has 0 bridgehead atoms. The van der Waals surface area contributed by atoms with Crippen LogP contribution in [0, 0.1) is 0 Å². The molecular formula is C18H28ClN3O3S. The quantitative estimate of drug-likeness (QED) is 0.838. The number of nitrogens with zero attached hydrogens (tertiary/aromatic N) is 2. The van der Waals surface area contributed by atoms with Gasteiger partial charge in [0.05, 0.1) is 4.90 Å². The number of carbonyl (C=O) groups is 1. The van der Waals surface area contributed by atoms with Crippen molar-refractivity contribution >= 4 is 28.3 Å². The van der Waals surface area contributed by atoms with Gasteiger partial charge in [-0.15, -0.1) is 12.4 Å². The predicted octanol–water partition coefficient (Wildman–Crippen LogP) is 2.23. The largest absolute Gasteiger partial charge is 0.337 e. The maximum Gasteiger partial charge on any atom is 0.253 e. The molecule has 0 radical (unpaired) electrons. The molecule has 2 aliphatic rings. The van der Waals surface area contributed by atoms with Gasteiger partial charge < -0.3 is 10.6 Å². The predicted molar refractivity (Wildman–Crippen MR) is 104 cm³/mol. The number of hydrogen-bond donors (Lipinski definition) is 1. The second-order valence-corrected chi connectivity index (χ2v) is 9.13. The zero-order valence-electron chi connectivity index (χ0n) is 15.1. The Hall–Kier alpha value is -1.15. The molecule has 8 heteroatoms. The van der Waals surface area contributed by atoms with Crippen molar-refractivity contribution < 1.29 is 13.2 Å². The molecule has 2 N–H and O–H groups in total. The Bertz CT molecular complexity index is 718. The van der Waals surface area contributed by atoms with Gasteiger partial charge in [-0.05, 0) is 43.5 Å². The number of nitrogens with two attached hydrogens (primary N) is 1.